The van der Waals surface area contributed by atoms with E-state index in [9.17, 15) is 0 Å². The van der Waals surface area contributed by atoms with Gasteiger partial charge >= 0.3 is 0 Å². The molecular formula is C14H30P2. The van der Waals surface area contributed by atoms with Gasteiger partial charge < -0.3 is 0 Å². The Labute approximate surface area is 107 Å². The van der Waals surface area contributed by atoms with Crippen molar-refractivity contribution in [1.29, 1.82) is 0 Å². The normalized spacial score (nSPS) is 12.4. The van der Waals surface area contributed by atoms with Crippen LogP contribution in [0.3, 0.4) is 0 Å². The van der Waals surface area contributed by atoms with Crippen molar-refractivity contribution in [2.24, 2.45) is 0 Å². The number of hydrogen-bond acceptors (Lipinski definition) is 0. The van der Waals surface area contributed by atoms with Crippen molar-refractivity contribution in [3.8, 4) is 0 Å². The Morgan fingerprint density at radius 1 is 0.500 bits per heavy atom. The average molecular weight is 260 g/mol. The van der Waals surface area contributed by atoms with Crippen LogP contribution in [0.4, 0.5) is 0 Å². The summed E-state index contributed by atoms with van der Waals surface area (Å²) >= 11 is 0. The van der Waals surface area contributed by atoms with E-state index >= 15 is 0 Å². The minimum Gasteiger partial charge on any atom is -0.0654 e. The van der Waals surface area contributed by atoms with Gasteiger partial charge in [0, 0.05) is 0 Å². The first-order chi connectivity index (χ1) is 7.91. The summed E-state index contributed by atoms with van der Waals surface area (Å²) < 4.78 is 0. The van der Waals surface area contributed by atoms with Crippen LogP contribution in [-0.2, 0) is 0 Å². The largest absolute Gasteiger partial charge is 0.0654 e. The van der Waals surface area contributed by atoms with Gasteiger partial charge in [-0.05, 0) is 41.7 Å². The van der Waals surface area contributed by atoms with Crippen molar-refractivity contribution < 1.29 is 0 Å². The fraction of sp³-hybridized carbons (Fsp3) is 1.00. The minimum atomic E-state index is 1.37. The van der Waals surface area contributed by atoms with Gasteiger partial charge in [-0.1, -0.05) is 65.2 Å². The lowest BCUT2D eigenvalue weighted by Gasteiger charge is -2.01. The molecular weight excluding hydrogens is 230 g/mol. The van der Waals surface area contributed by atoms with Crippen LogP contribution in [0.25, 0.3) is 0 Å². The summed E-state index contributed by atoms with van der Waals surface area (Å²) in [5, 5.41) is 0. The maximum Gasteiger partial charge on any atom is -0.0242 e. The van der Waals surface area contributed by atoms with E-state index < -0.39 is 0 Å². The van der Waals surface area contributed by atoms with Gasteiger partial charge in [0.1, 0.15) is 0 Å². The molecule has 0 bridgehead atoms. The molecule has 0 amide bonds. The molecule has 0 nitrogen and oxygen atoms in total. The van der Waals surface area contributed by atoms with Crippen LogP contribution in [0.1, 0.15) is 78.1 Å². The van der Waals surface area contributed by atoms with E-state index in [1.165, 1.54) is 76.5 Å². The Hall–Kier alpha value is 0.860. The lowest BCUT2D eigenvalue weighted by Crippen LogP contribution is -1.81. The minimum absolute atomic E-state index is 1.37. The molecule has 0 heterocycles. The maximum atomic E-state index is 2.29. The molecule has 0 saturated carbocycles. The van der Waals surface area contributed by atoms with Crippen LogP contribution in [0.2, 0.25) is 0 Å². The second kappa shape index (κ2) is 15.9. The lowest BCUT2D eigenvalue weighted by atomic mass is 10.1. The smallest absolute Gasteiger partial charge is 0.0242 e. The molecule has 0 rings (SSSR count). The molecule has 0 aromatic carbocycles. The van der Waals surface area contributed by atoms with Gasteiger partial charge in [0.05, 0.1) is 0 Å². The Morgan fingerprint density at radius 3 is 1.44 bits per heavy atom. The summed E-state index contributed by atoms with van der Waals surface area (Å²) in [6, 6.07) is 0. The molecule has 2 heteroatoms. The zero-order valence-corrected chi connectivity index (χ0v) is 13.2. The molecule has 0 aromatic heterocycles. The molecule has 0 aliphatic rings. The predicted octanol–water partition coefficient (Wildman–Crippen LogP) is 6.73. The average Bonchev–Trinajstić information content (AvgIpc) is 2.31. The van der Waals surface area contributed by atoms with E-state index in [0.717, 1.165) is 0 Å². The van der Waals surface area contributed by atoms with Crippen LogP contribution in [0.5, 0.6) is 0 Å². The van der Waals surface area contributed by atoms with Gasteiger partial charge in [-0.25, -0.2) is 0 Å². The van der Waals surface area contributed by atoms with Gasteiger partial charge in [-0.3, -0.25) is 0 Å². The van der Waals surface area contributed by atoms with Gasteiger partial charge in [0.15, 0.2) is 0 Å². The molecule has 16 heavy (non-hydrogen) atoms. The van der Waals surface area contributed by atoms with Gasteiger partial charge in [0.25, 0.3) is 0 Å². The molecule has 0 N–H and O–H groups in total. The molecule has 0 fully saturated rings. The molecule has 0 aliphatic carbocycles. The highest BCUT2D eigenvalue weighted by atomic mass is 32.0. The molecule has 0 saturated heterocycles. The van der Waals surface area contributed by atoms with E-state index in [0.29, 0.717) is 0 Å². The SMILES string of the molecule is CCCCCCCCC[P][P]CCCCC. The van der Waals surface area contributed by atoms with Crippen LogP contribution >= 0.6 is 16.5 Å². The van der Waals surface area contributed by atoms with Crippen LogP contribution in [0, 0.1) is 0 Å². The first-order valence-corrected chi connectivity index (χ1v) is 10.1. The molecule has 0 aliphatic heterocycles. The van der Waals surface area contributed by atoms with Crippen LogP contribution in [0.15, 0.2) is 0 Å². The van der Waals surface area contributed by atoms with Crippen molar-refractivity contribution in [3.63, 3.8) is 0 Å². The van der Waals surface area contributed by atoms with Crippen molar-refractivity contribution in [2.75, 3.05) is 12.3 Å². The third-order valence-corrected chi connectivity index (χ3v) is 5.86. The van der Waals surface area contributed by atoms with Crippen LogP contribution < -0.4 is 0 Å². The van der Waals surface area contributed by atoms with Crippen molar-refractivity contribution in [3.05, 3.63) is 0 Å². The second-order valence-electron chi connectivity index (χ2n) is 4.56. The summed E-state index contributed by atoms with van der Waals surface area (Å²) in [4.78, 5) is 0. The van der Waals surface area contributed by atoms with Gasteiger partial charge in [-0.2, -0.15) is 0 Å². The molecule has 0 aromatic rings. The van der Waals surface area contributed by atoms with Crippen molar-refractivity contribution in [1.82, 2.24) is 0 Å². The predicted molar refractivity (Wildman–Crippen MR) is 81.1 cm³/mol. The number of unbranched alkanes of at least 4 members (excludes halogenated alkanes) is 8. The molecule has 0 spiro atoms. The highest BCUT2D eigenvalue weighted by Crippen LogP contribution is 2.38. The second-order valence-corrected chi connectivity index (χ2v) is 7.72. The first kappa shape index (κ1) is 16.9. The maximum absolute atomic E-state index is 2.29. The fourth-order valence-corrected chi connectivity index (χ4v) is 4.42. The molecule has 0 atom stereocenters. The van der Waals surface area contributed by atoms with E-state index in [1.807, 2.05) is 0 Å². The Kier molecular flexibility index (Phi) is 16.7. The van der Waals surface area contributed by atoms with Gasteiger partial charge in [0.2, 0.25) is 0 Å². The third-order valence-electron chi connectivity index (χ3n) is 2.82. The monoisotopic (exact) mass is 260 g/mol. The fourth-order valence-electron chi connectivity index (χ4n) is 1.71. The number of rotatable bonds is 13. The van der Waals surface area contributed by atoms with Crippen LogP contribution in [-0.4, -0.2) is 12.3 Å². The van der Waals surface area contributed by atoms with E-state index in [-0.39, 0.29) is 0 Å². The Morgan fingerprint density at radius 2 is 0.875 bits per heavy atom. The summed E-state index contributed by atoms with van der Waals surface area (Å²) in [7, 11) is 3.37. The van der Waals surface area contributed by atoms with E-state index in [4.69, 9.17) is 0 Å². The first-order valence-electron chi connectivity index (χ1n) is 7.25. The lowest BCUT2D eigenvalue weighted by molar-refractivity contribution is 0.603. The zero-order valence-electron chi connectivity index (χ0n) is 11.4. The molecule has 0 unspecified atom stereocenters. The summed E-state index contributed by atoms with van der Waals surface area (Å²) in [5.74, 6) is 0. The third kappa shape index (κ3) is 14.9. The van der Waals surface area contributed by atoms with E-state index in [1.54, 1.807) is 16.5 Å². The number of hydrogen-bond donors (Lipinski definition) is 0. The summed E-state index contributed by atoms with van der Waals surface area (Å²) in [6.45, 7) is 4.57. The Bertz CT molecular complexity index is 101. The van der Waals surface area contributed by atoms with Crippen molar-refractivity contribution in [2.45, 2.75) is 78.1 Å². The summed E-state index contributed by atoms with van der Waals surface area (Å²) in [6.07, 6.45) is 17.3. The quantitative estimate of drug-likeness (QED) is 0.254. The van der Waals surface area contributed by atoms with Gasteiger partial charge in [-0.15, -0.1) is 0 Å². The topological polar surface area (TPSA) is 0 Å². The highest BCUT2D eigenvalue weighted by Gasteiger charge is 1.93. The summed E-state index contributed by atoms with van der Waals surface area (Å²) in [5.41, 5.74) is 0. The Balaban J connectivity index is 2.83. The highest BCUT2D eigenvalue weighted by molar-refractivity contribution is 8.11. The standard InChI is InChI=1S/C14H30P2/c1-3-5-7-8-9-10-12-14-16-15-13-11-6-4-2/h3-14H2,1-2H3. The van der Waals surface area contributed by atoms with Crippen molar-refractivity contribution >= 4 is 16.5 Å². The molecule has 2 radical (unpaired) electrons. The zero-order chi connectivity index (χ0) is 11.9. The molecule has 96 valence electrons. The van der Waals surface area contributed by atoms with E-state index in [2.05, 4.69) is 13.8 Å².